The summed E-state index contributed by atoms with van der Waals surface area (Å²) in [7, 11) is 0. The fourth-order valence-corrected chi connectivity index (χ4v) is 3.94. The normalized spacial score (nSPS) is 25.8. The topological polar surface area (TPSA) is 29.1 Å². The quantitative estimate of drug-likeness (QED) is 0.807. The van der Waals surface area contributed by atoms with Crippen molar-refractivity contribution < 1.29 is 4.79 Å². The Balaban J connectivity index is 1.90. The molecule has 1 aromatic rings. The number of rotatable bonds is 5. The van der Waals surface area contributed by atoms with Gasteiger partial charge in [0, 0.05) is 22.5 Å². The van der Waals surface area contributed by atoms with Crippen LogP contribution in [-0.2, 0) is 0 Å². The zero-order chi connectivity index (χ0) is 14.9. The van der Waals surface area contributed by atoms with E-state index in [-0.39, 0.29) is 5.41 Å². The molecule has 21 heavy (non-hydrogen) atoms. The van der Waals surface area contributed by atoms with Gasteiger partial charge >= 0.3 is 0 Å². The molecule has 0 aromatic heterocycles. The summed E-state index contributed by atoms with van der Waals surface area (Å²) < 4.78 is 0. The Morgan fingerprint density at radius 1 is 1.43 bits per heavy atom. The number of halogens is 1. The standard InChI is InChI=1S/C18H24ClNO/c1-2-8-18(9-3-10-20-12-18)17(21)14-6-7-16(19)15(11-14)13-4-5-13/h6-7,11,13,20H,2-5,8-10,12H2,1H3. The highest BCUT2D eigenvalue weighted by Gasteiger charge is 2.39. The first-order chi connectivity index (χ1) is 10.2. The molecule has 0 spiro atoms. The summed E-state index contributed by atoms with van der Waals surface area (Å²) in [6.07, 6.45) is 6.54. The summed E-state index contributed by atoms with van der Waals surface area (Å²) in [5.41, 5.74) is 1.83. The minimum Gasteiger partial charge on any atom is -0.316 e. The van der Waals surface area contributed by atoms with E-state index in [4.69, 9.17) is 11.6 Å². The van der Waals surface area contributed by atoms with Crippen LogP contribution < -0.4 is 5.32 Å². The van der Waals surface area contributed by atoms with E-state index in [1.54, 1.807) is 0 Å². The molecule has 0 amide bonds. The van der Waals surface area contributed by atoms with Crippen LogP contribution in [0.2, 0.25) is 5.02 Å². The van der Waals surface area contributed by atoms with Crippen molar-refractivity contribution in [3.05, 3.63) is 34.3 Å². The zero-order valence-corrected chi connectivity index (χ0v) is 13.5. The molecule has 0 radical (unpaired) electrons. The smallest absolute Gasteiger partial charge is 0.170 e. The summed E-state index contributed by atoms with van der Waals surface area (Å²) in [4.78, 5) is 13.1. The Labute approximate surface area is 132 Å². The highest BCUT2D eigenvalue weighted by atomic mass is 35.5. The highest BCUT2D eigenvalue weighted by molar-refractivity contribution is 6.31. The maximum absolute atomic E-state index is 13.1. The molecule has 1 unspecified atom stereocenters. The molecule has 3 heteroatoms. The maximum atomic E-state index is 13.1. The van der Waals surface area contributed by atoms with E-state index < -0.39 is 0 Å². The van der Waals surface area contributed by atoms with Gasteiger partial charge in [-0.3, -0.25) is 4.79 Å². The Kier molecular flexibility index (Phi) is 4.37. The summed E-state index contributed by atoms with van der Waals surface area (Å²) in [5, 5.41) is 4.25. The van der Waals surface area contributed by atoms with Gasteiger partial charge in [0.15, 0.2) is 5.78 Å². The number of Topliss-reactive ketones (excluding diaryl/α,β-unsaturated/α-hetero) is 1. The van der Waals surface area contributed by atoms with Gasteiger partial charge in [0.1, 0.15) is 0 Å². The van der Waals surface area contributed by atoms with Gasteiger partial charge in [0.25, 0.3) is 0 Å². The van der Waals surface area contributed by atoms with E-state index in [1.165, 1.54) is 18.4 Å². The molecule has 0 bridgehead atoms. The first-order valence-electron chi connectivity index (χ1n) is 8.21. The van der Waals surface area contributed by atoms with Crippen molar-refractivity contribution in [2.45, 2.75) is 51.4 Å². The Morgan fingerprint density at radius 3 is 2.86 bits per heavy atom. The van der Waals surface area contributed by atoms with Gasteiger partial charge in [-0.1, -0.05) is 24.9 Å². The molecule has 2 aliphatic rings. The first-order valence-corrected chi connectivity index (χ1v) is 8.59. The summed E-state index contributed by atoms with van der Waals surface area (Å²) >= 11 is 6.29. The van der Waals surface area contributed by atoms with E-state index in [1.807, 2.05) is 12.1 Å². The predicted molar refractivity (Wildman–Crippen MR) is 87.2 cm³/mol. The van der Waals surface area contributed by atoms with E-state index in [0.717, 1.165) is 49.4 Å². The first kappa shape index (κ1) is 15.1. The second-order valence-corrected chi connectivity index (χ2v) is 7.06. The van der Waals surface area contributed by atoms with Gasteiger partial charge < -0.3 is 5.32 Å². The molecule has 1 aromatic carbocycles. The molecule has 2 nitrogen and oxygen atoms in total. The van der Waals surface area contributed by atoms with Gasteiger partial charge in [-0.05, 0) is 68.3 Å². The fourth-order valence-electron chi connectivity index (χ4n) is 3.67. The van der Waals surface area contributed by atoms with Crippen molar-refractivity contribution in [2.75, 3.05) is 13.1 Å². The third kappa shape index (κ3) is 3.02. The number of benzene rings is 1. The number of ketones is 1. The fraction of sp³-hybridized carbons (Fsp3) is 0.611. The average Bonchev–Trinajstić information content (AvgIpc) is 3.33. The lowest BCUT2D eigenvalue weighted by Crippen LogP contribution is -2.45. The lowest BCUT2D eigenvalue weighted by molar-refractivity contribution is 0.0718. The van der Waals surface area contributed by atoms with E-state index >= 15 is 0 Å². The van der Waals surface area contributed by atoms with Crippen LogP contribution >= 0.6 is 11.6 Å². The summed E-state index contributed by atoms with van der Waals surface area (Å²) in [6, 6.07) is 5.90. The summed E-state index contributed by atoms with van der Waals surface area (Å²) in [6.45, 7) is 4.02. The molecule has 2 fully saturated rings. The van der Waals surface area contributed by atoms with Crippen molar-refractivity contribution in [3.8, 4) is 0 Å². The van der Waals surface area contributed by atoms with Gasteiger partial charge in [-0.2, -0.15) is 0 Å². The number of carbonyl (C=O) groups excluding carboxylic acids is 1. The molecule has 1 atom stereocenters. The third-order valence-electron chi connectivity index (χ3n) is 4.96. The van der Waals surface area contributed by atoms with Crippen LogP contribution in [0.5, 0.6) is 0 Å². The molecule has 1 saturated carbocycles. The third-order valence-corrected chi connectivity index (χ3v) is 5.30. The zero-order valence-electron chi connectivity index (χ0n) is 12.8. The molecule has 1 heterocycles. The second kappa shape index (κ2) is 6.10. The van der Waals surface area contributed by atoms with Crippen molar-refractivity contribution in [2.24, 2.45) is 5.41 Å². The van der Waals surface area contributed by atoms with Gasteiger partial charge in [-0.25, -0.2) is 0 Å². The van der Waals surface area contributed by atoms with E-state index in [9.17, 15) is 4.79 Å². The summed E-state index contributed by atoms with van der Waals surface area (Å²) in [5.74, 6) is 0.895. The predicted octanol–water partition coefficient (Wildman–Crippen LogP) is 4.57. The number of hydrogen-bond acceptors (Lipinski definition) is 2. The van der Waals surface area contributed by atoms with Gasteiger partial charge in [0.2, 0.25) is 0 Å². The van der Waals surface area contributed by atoms with Crippen LogP contribution in [0.15, 0.2) is 18.2 Å². The Hall–Kier alpha value is -0.860. The number of hydrogen-bond donors (Lipinski definition) is 1. The molecule has 3 rings (SSSR count). The Bertz CT molecular complexity index is 525. The average molecular weight is 306 g/mol. The maximum Gasteiger partial charge on any atom is 0.170 e. The second-order valence-electron chi connectivity index (χ2n) is 6.65. The van der Waals surface area contributed by atoms with Crippen LogP contribution in [0.4, 0.5) is 0 Å². The van der Waals surface area contributed by atoms with Crippen molar-refractivity contribution in [1.82, 2.24) is 5.32 Å². The monoisotopic (exact) mass is 305 g/mol. The van der Waals surface area contributed by atoms with Crippen LogP contribution in [0.3, 0.4) is 0 Å². The van der Waals surface area contributed by atoms with Crippen molar-refractivity contribution >= 4 is 17.4 Å². The van der Waals surface area contributed by atoms with Crippen molar-refractivity contribution in [3.63, 3.8) is 0 Å². The molecular weight excluding hydrogens is 282 g/mol. The number of carbonyl (C=O) groups is 1. The van der Waals surface area contributed by atoms with Crippen LogP contribution in [0, 0.1) is 5.41 Å². The minimum absolute atomic E-state index is 0.207. The van der Waals surface area contributed by atoms with E-state index in [0.29, 0.717) is 11.7 Å². The minimum atomic E-state index is -0.207. The molecule has 1 aliphatic heterocycles. The largest absolute Gasteiger partial charge is 0.316 e. The van der Waals surface area contributed by atoms with Crippen LogP contribution in [0.1, 0.15) is 67.3 Å². The Morgan fingerprint density at radius 2 is 2.24 bits per heavy atom. The van der Waals surface area contributed by atoms with E-state index in [2.05, 4.69) is 18.3 Å². The molecule has 1 saturated heterocycles. The molecule has 1 N–H and O–H groups in total. The molecule has 114 valence electrons. The highest BCUT2D eigenvalue weighted by Crippen LogP contribution is 2.44. The van der Waals surface area contributed by atoms with Gasteiger partial charge in [-0.15, -0.1) is 0 Å². The van der Waals surface area contributed by atoms with Crippen LogP contribution in [-0.4, -0.2) is 18.9 Å². The molecular formula is C18H24ClNO. The lowest BCUT2D eigenvalue weighted by atomic mass is 9.71. The number of nitrogens with one attached hydrogen (secondary N) is 1. The lowest BCUT2D eigenvalue weighted by Gasteiger charge is -2.36. The van der Waals surface area contributed by atoms with Crippen molar-refractivity contribution in [1.29, 1.82) is 0 Å². The van der Waals surface area contributed by atoms with Gasteiger partial charge in [0.05, 0.1) is 0 Å². The SMILES string of the molecule is CCCC1(C(=O)c2ccc(Cl)c(C3CC3)c2)CCCNC1. The molecule has 1 aliphatic carbocycles. The van der Waals surface area contributed by atoms with Crippen LogP contribution in [0.25, 0.3) is 0 Å². The number of piperidine rings is 1.